The van der Waals surface area contributed by atoms with Gasteiger partial charge in [-0.25, -0.2) is 4.98 Å². The fourth-order valence-corrected chi connectivity index (χ4v) is 3.47. The lowest BCUT2D eigenvalue weighted by Crippen LogP contribution is -2.31. The predicted molar refractivity (Wildman–Crippen MR) is 119 cm³/mol. The minimum absolute atomic E-state index is 0.0104. The van der Waals surface area contributed by atoms with E-state index in [9.17, 15) is 14.4 Å². The first-order valence-electron chi connectivity index (χ1n) is 9.74. The zero-order valence-electron chi connectivity index (χ0n) is 17.1. The Bertz CT molecular complexity index is 1030. The number of hydrogen-bond acceptors (Lipinski definition) is 6. The van der Waals surface area contributed by atoms with Crippen LogP contribution in [0, 0.1) is 6.92 Å². The number of benzene rings is 2. The predicted octanol–water partition coefficient (Wildman–Crippen LogP) is 3.03. The summed E-state index contributed by atoms with van der Waals surface area (Å²) in [6.45, 7) is 1.76. The second kappa shape index (κ2) is 11.0. The Hall–Kier alpha value is -3.52. The topological polar surface area (TPSA) is 97.4 Å². The van der Waals surface area contributed by atoms with Gasteiger partial charge in [-0.05, 0) is 24.6 Å². The number of esters is 1. The van der Waals surface area contributed by atoms with Crippen molar-refractivity contribution in [2.24, 2.45) is 0 Å². The zero-order valence-corrected chi connectivity index (χ0v) is 17.9. The van der Waals surface area contributed by atoms with Gasteiger partial charge in [0.1, 0.15) is 18.2 Å². The molecule has 0 saturated heterocycles. The van der Waals surface area contributed by atoms with E-state index in [0.29, 0.717) is 10.7 Å². The van der Waals surface area contributed by atoms with Crippen molar-refractivity contribution in [3.8, 4) is 0 Å². The molecule has 31 heavy (non-hydrogen) atoms. The molecule has 3 aromatic rings. The van der Waals surface area contributed by atoms with Crippen LogP contribution in [0.2, 0.25) is 0 Å². The molecule has 2 aromatic carbocycles. The van der Waals surface area contributed by atoms with Crippen LogP contribution in [0.4, 0.5) is 5.69 Å². The van der Waals surface area contributed by atoms with Gasteiger partial charge < -0.3 is 15.4 Å². The molecule has 0 aliphatic carbocycles. The lowest BCUT2D eigenvalue weighted by molar-refractivity contribution is -0.145. The van der Waals surface area contributed by atoms with Crippen LogP contribution in [0.5, 0.6) is 0 Å². The van der Waals surface area contributed by atoms with Crippen molar-refractivity contribution in [2.75, 3.05) is 11.9 Å². The molecule has 0 fully saturated rings. The number of aromatic nitrogens is 1. The maximum absolute atomic E-state index is 12.2. The summed E-state index contributed by atoms with van der Waals surface area (Å²) < 4.78 is 5.14. The third kappa shape index (κ3) is 7.67. The Morgan fingerprint density at radius 2 is 1.71 bits per heavy atom. The van der Waals surface area contributed by atoms with E-state index in [4.69, 9.17) is 4.74 Å². The van der Waals surface area contributed by atoms with Gasteiger partial charge in [0.15, 0.2) is 0 Å². The van der Waals surface area contributed by atoms with Crippen molar-refractivity contribution >= 4 is 34.8 Å². The Kier molecular flexibility index (Phi) is 7.89. The Balaban J connectivity index is 1.37. The summed E-state index contributed by atoms with van der Waals surface area (Å²) in [5.74, 6) is -0.963. The molecule has 3 rings (SSSR count). The number of carbonyl (C=O) groups is 3. The van der Waals surface area contributed by atoms with E-state index < -0.39 is 5.97 Å². The Labute approximate surface area is 184 Å². The van der Waals surface area contributed by atoms with Gasteiger partial charge in [-0.3, -0.25) is 14.4 Å². The zero-order chi connectivity index (χ0) is 22.1. The lowest BCUT2D eigenvalue weighted by atomic mass is 10.1. The van der Waals surface area contributed by atoms with Gasteiger partial charge in [0, 0.05) is 11.1 Å². The number of aryl methyl sites for hydroxylation is 1. The molecule has 8 heteroatoms. The maximum atomic E-state index is 12.2. The second-order valence-electron chi connectivity index (χ2n) is 6.92. The first-order valence-corrected chi connectivity index (χ1v) is 10.6. The number of rotatable bonds is 9. The number of nitrogens with zero attached hydrogens (tertiary/aromatic N) is 1. The smallest absolute Gasteiger partial charge is 0.325 e. The summed E-state index contributed by atoms with van der Waals surface area (Å²) in [7, 11) is 0. The van der Waals surface area contributed by atoms with Crippen LogP contribution in [0.15, 0.2) is 60.0 Å². The minimum atomic E-state index is -0.548. The number of anilines is 1. The van der Waals surface area contributed by atoms with Crippen LogP contribution in [0.3, 0.4) is 0 Å². The number of hydrogen-bond donors (Lipinski definition) is 2. The highest BCUT2D eigenvalue weighted by Gasteiger charge is 2.11. The van der Waals surface area contributed by atoms with Crippen LogP contribution in [-0.2, 0) is 38.6 Å². The first kappa shape index (κ1) is 22.2. The van der Waals surface area contributed by atoms with Gasteiger partial charge >= 0.3 is 5.97 Å². The third-order valence-electron chi connectivity index (χ3n) is 4.26. The van der Waals surface area contributed by atoms with Crippen molar-refractivity contribution in [1.82, 2.24) is 10.3 Å². The van der Waals surface area contributed by atoms with Crippen LogP contribution in [-0.4, -0.2) is 29.3 Å². The SMILES string of the molecule is Cc1ccc(NC(=O)Cc2nc(COC(=O)CNC(=O)Cc3ccccc3)cs2)cc1. The van der Waals surface area contributed by atoms with Gasteiger partial charge in [-0.1, -0.05) is 48.0 Å². The summed E-state index contributed by atoms with van der Waals surface area (Å²) in [6, 6.07) is 16.8. The normalized spacial score (nSPS) is 10.4. The molecule has 0 saturated carbocycles. The summed E-state index contributed by atoms with van der Waals surface area (Å²) in [4.78, 5) is 40.2. The molecule has 1 aromatic heterocycles. The van der Waals surface area contributed by atoms with Gasteiger partial charge in [-0.15, -0.1) is 11.3 Å². The Morgan fingerprint density at radius 1 is 0.968 bits per heavy atom. The molecule has 0 atom stereocenters. The highest BCUT2D eigenvalue weighted by molar-refractivity contribution is 7.09. The number of ether oxygens (including phenoxy) is 1. The number of thiazole rings is 1. The molecule has 1 heterocycles. The van der Waals surface area contributed by atoms with Crippen molar-refractivity contribution in [3.05, 3.63) is 81.8 Å². The number of amides is 2. The molecular weight excluding hydrogens is 414 g/mol. The number of nitrogens with one attached hydrogen (secondary N) is 2. The van der Waals surface area contributed by atoms with Gasteiger partial charge in [0.2, 0.25) is 11.8 Å². The molecule has 2 N–H and O–H groups in total. The van der Waals surface area contributed by atoms with Crippen molar-refractivity contribution in [2.45, 2.75) is 26.4 Å². The lowest BCUT2D eigenvalue weighted by Gasteiger charge is -2.06. The average molecular weight is 438 g/mol. The van der Waals surface area contributed by atoms with E-state index in [1.165, 1.54) is 11.3 Å². The van der Waals surface area contributed by atoms with Gasteiger partial charge in [0.25, 0.3) is 0 Å². The Morgan fingerprint density at radius 3 is 2.45 bits per heavy atom. The molecule has 7 nitrogen and oxygen atoms in total. The van der Waals surface area contributed by atoms with E-state index in [2.05, 4.69) is 15.6 Å². The molecule has 2 amide bonds. The van der Waals surface area contributed by atoms with E-state index in [0.717, 1.165) is 16.8 Å². The summed E-state index contributed by atoms with van der Waals surface area (Å²) in [5.41, 5.74) is 3.28. The monoisotopic (exact) mass is 437 g/mol. The first-order chi connectivity index (χ1) is 15.0. The average Bonchev–Trinajstić information content (AvgIpc) is 3.20. The summed E-state index contributed by atoms with van der Waals surface area (Å²) in [6.07, 6.45) is 0.344. The highest BCUT2D eigenvalue weighted by Crippen LogP contribution is 2.14. The van der Waals surface area contributed by atoms with E-state index in [1.54, 1.807) is 5.38 Å². The molecule has 0 aliphatic rings. The molecule has 0 unspecified atom stereocenters. The third-order valence-corrected chi connectivity index (χ3v) is 5.16. The molecule has 160 valence electrons. The minimum Gasteiger partial charge on any atom is -0.458 e. The largest absolute Gasteiger partial charge is 0.458 e. The van der Waals surface area contributed by atoms with Crippen LogP contribution in [0.25, 0.3) is 0 Å². The van der Waals surface area contributed by atoms with Crippen LogP contribution < -0.4 is 10.6 Å². The molecular formula is C23H23N3O4S. The van der Waals surface area contributed by atoms with Crippen molar-refractivity contribution < 1.29 is 19.1 Å². The van der Waals surface area contributed by atoms with E-state index in [-0.39, 0.29) is 37.8 Å². The summed E-state index contributed by atoms with van der Waals surface area (Å²) >= 11 is 1.33. The number of carbonyl (C=O) groups excluding carboxylic acids is 3. The van der Waals surface area contributed by atoms with Crippen molar-refractivity contribution in [1.29, 1.82) is 0 Å². The quantitative estimate of drug-likeness (QED) is 0.502. The molecule has 0 bridgehead atoms. The standard InChI is InChI=1S/C23H23N3O4S/c1-16-7-9-18(10-8-16)25-21(28)12-22-26-19(15-31-22)14-30-23(29)13-24-20(27)11-17-5-3-2-4-6-17/h2-10,15H,11-14H2,1H3,(H,24,27)(H,25,28). The van der Waals surface area contributed by atoms with Crippen LogP contribution >= 0.6 is 11.3 Å². The van der Waals surface area contributed by atoms with E-state index >= 15 is 0 Å². The van der Waals surface area contributed by atoms with E-state index in [1.807, 2.05) is 61.5 Å². The second-order valence-corrected chi connectivity index (χ2v) is 7.87. The fourth-order valence-electron chi connectivity index (χ4n) is 2.70. The molecule has 0 spiro atoms. The fraction of sp³-hybridized carbons (Fsp3) is 0.217. The molecule has 0 aliphatic heterocycles. The van der Waals surface area contributed by atoms with Crippen molar-refractivity contribution in [3.63, 3.8) is 0 Å². The van der Waals surface area contributed by atoms with Gasteiger partial charge in [0.05, 0.1) is 18.5 Å². The molecule has 0 radical (unpaired) electrons. The highest BCUT2D eigenvalue weighted by atomic mass is 32.1. The summed E-state index contributed by atoms with van der Waals surface area (Å²) in [5, 5.41) is 7.74. The van der Waals surface area contributed by atoms with Crippen LogP contribution in [0.1, 0.15) is 21.8 Å². The van der Waals surface area contributed by atoms with Gasteiger partial charge in [-0.2, -0.15) is 0 Å². The maximum Gasteiger partial charge on any atom is 0.325 e.